The second kappa shape index (κ2) is 8.02. The molecule has 28 heavy (non-hydrogen) atoms. The van der Waals surface area contributed by atoms with Gasteiger partial charge in [0.2, 0.25) is 5.91 Å². The number of aromatic carboxylic acids is 1. The van der Waals surface area contributed by atoms with E-state index in [1.165, 1.54) is 26.1 Å². The molecule has 146 valence electrons. The maximum atomic E-state index is 13.3. The van der Waals surface area contributed by atoms with E-state index in [1.807, 2.05) is 0 Å². The van der Waals surface area contributed by atoms with Gasteiger partial charge in [0.1, 0.15) is 17.9 Å². The number of hydrogen-bond acceptors (Lipinski definition) is 5. The summed E-state index contributed by atoms with van der Waals surface area (Å²) in [5.41, 5.74) is 0.102. The quantitative estimate of drug-likeness (QED) is 0.626. The Labute approximate surface area is 162 Å². The maximum Gasteiger partial charge on any atom is 0.339 e. The van der Waals surface area contributed by atoms with Crippen LogP contribution in [0.4, 0.5) is 5.69 Å². The molecule has 0 saturated heterocycles. The first-order chi connectivity index (χ1) is 13.1. The Morgan fingerprint density at radius 3 is 2.50 bits per heavy atom. The minimum atomic E-state index is -4.36. The summed E-state index contributed by atoms with van der Waals surface area (Å²) in [4.78, 5) is 22.9. The molecule has 1 amide bonds. The summed E-state index contributed by atoms with van der Waals surface area (Å²) in [6.45, 7) is 0.865. The molecule has 0 bridgehead atoms. The highest BCUT2D eigenvalue weighted by molar-refractivity contribution is 7.93. The van der Waals surface area contributed by atoms with Gasteiger partial charge in [-0.05, 0) is 42.8 Å². The average molecular weight is 402 g/mol. The fourth-order valence-corrected chi connectivity index (χ4v) is 4.16. The van der Waals surface area contributed by atoms with Crippen LogP contribution in [0.15, 0.2) is 41.3 Å². The third kappa shape index (κ3) is 4.07. The van der Waals surface area contributed by atoms with E-state index in [9.17, 15) is 28.2 Å². The van der Waals surface area contributed by atoms with Crippen molar-refractivity contribution in [2.24, 2.45) is 0 Å². The number of nitrogens with zero attached hydrogens (tertiary/aromatic N) is 1. The molecule has 2 aromatic rings. The third-order valence-corrected chi connectivity index (χ3v) is 5.87. The largest absolute Gasteiger partial charge is 0.507 e. The minimum absolute atomic E-state index is 0.123. The molecule has 3 N–H and O–H groups in total. The van der Waals surface area contributed by atoms with Crippen molar-refractivity contribution in [2.45, 2.75) is 11.8 Å². The SMILES string of the molecule is C#Cc1cccc(N(CC(=O)NC)S(=O)(=O)c2cc(C(=O)O)c(O)cc2C)c1. The molecule has 0 aromatic heterocycles. The highest BCUT2D eigenvalue weighted by Gasteiger charge is 2.30. The van der Waals surface area contributed by atoms with Crippen molar-refractivity contribution in [1.29, 1.82) is 0 Å². The van der Waals surface area contributed by atoms with E-state index in [1.54, 1.807) is 12.1 Å². The number of carbonyl (C=O) groups excluding carboxylic acids is 1. The predicted octanol–water partition coefficient (Wildman–Crippen LogP) is 1.32. The molecular weight excluding hydrogens is 384 g/mol. The Hall–Kier alpha value is -3.51. The first-order valence-electron chi connectivity index (χ1n) is 7.98. The van der Waals surface area contributed by atoms with Gasteiger partial charge < -0.3 is 15.5 Å². The first-order valence-corrected chi connectivity index (χ1v) is 9.42. The van der Waals surface area contributed by atoms with Crippen LogP contribution in [0.3, 0.4) is 0 Å². The molecular formula is C19H18N2O6S. The number of rotatable bonds is 6. The average Bonchev–Trinajstić information content (AvgIpc) is 2.65. The number of carbonyl (C=O) groups is 2. The van der Waals surface area contributed by atoms with Gasteiger partial charge in [0.15, 0.2) is 0 Å². The summed E-state index contributed by atoms with van der Waals surface area (Å²) in [5.74, 6) is -0.232. The lowest BCUT2D eigenvalue weighted by Crippen LogP contribution is -2.40. The van der Waals surface area contributed by atoms with Gasteiger partial charge in [0, 0.05) is 12.6 Å². The van der Waals surface area contributed by atoms with Gasteiger partial charge in [-0.15, -0.1) is 6.42 Å². The number of terminal acetylenes is 1. The fourth-order valence-electron chi connectivity index (χ4n) is 2.52. The van der Waals surface area contributed by atoms with Gasteiger partial charge in [0.05, 0.1) is 10.6 Å². The minimum Gasteiger partial charge on any atom is -0.507 e. The second-order valence-corrected chi connectivity index (χ2v) is 7.65. The molecule has 0 radical (unpaired) electrons. The van der Waals surface area contributed by atoms with E-state index < -0.39 is 39.8 Å². The molecule has 9 heteroatoms. The zero-order valence-corrected chi connectivity index (χ0v) is 15.9. The van der Waals surface area contributed by atoms with Gasteiger partial charge in [-0.25, -0.2) is 13.2 Å². The number of carboxylic acid groups (broad SMARTS) is 1. The molecule has 0 spiro atoms. The summed E-state index contributed by atoms with van der Waals surface area (Å²) < 4.78 is 27.5. The smallest absolute Gasteiger partial charge is 0.339 e. The Bertz CT molecular complexity index is 1090. The van der Waals surface area contributed by atoms with Crippen LogP contribution in [0.5, 0.6) is 5.75 Å². The highest BCUT2D eigenvalue weighted by Crippen LogP contribution is 2.30. The number of anilines is 1. The van der Waals surface area contributed by atoms with Crippen molar-refractivity contribution >= 4 is 27.6 Å². The molecule has 2 aromatic carbocycles. The Morgan fingerprint density at radius 2 is 1.93 bits per heavy atom. The lowest BCUT2D eigenvalue weighted by molar-refractivity contribution is -0.119. The van der Waals surface area contributed by atoms with Gasteiger partial charge in [0.25, 0.3) is 10.0 Å². The van der Waals surface area contributed by atoms with E-state index in [-0.39, 0.29) is 16.1 Å². The van der Waals surface area contributed by atoms with Crippen LogP contribution in [0.25, 0.3) is 0 Å². The van der Waals surface area contributed by atoms with Crippen molar-refractivity contribution in [3.63, 3.8) is 0 Å². The number of nitrogens with one attached hydrogen (secondary N) is 1. The van der Waals surface area contributed by atoms with E-state index in [4.69, 9.17) is 6.42 Å². The van der Waals surface area contributed by atoms with Crippen LogP contribution in [-0.4, -0.2) is 44.1 Å². The van der Waals surface area contributed by atoms with Crippen molar-refractivity contribution < 1.29 is 28.2 Å². The molecule has 0 aliphatic carbocycles. The van der Waals surface area contributed by atoms with Crippen LogP contribution < -0.4 is 9.62 Å². The number of benzene rings is 2. The van der Waals surface area contributed by atoms with Crippen molar-refractivity contribution in [2.75, 3.05) is 17.9 Å². The van der Waals surface area contributed by atoms with Crippen molar-refractivity contribution in [3.8, 4) is 18.1 Å². The molecule has 0 heterocycles. The predicted molar refractivity (Wildman–Crippen MR) is 103 cm³/mol. The van der Waals surface area contributed by atoms with Gasteiger partial charge in [-0.3, -0.25) is 9.10 Å². The van der Waals surface area contributed by atoms with Crippen LogP contribution in [0.1, 0.15) is 21.5 Å². The summed E-state index contributed by atoms with van der Waals surface area (Å²) in [6.07, 6.45) is 5.37. The number of likely N-dealkylation sites (N-methyl/N-ethyl adjacent to an activating group) is 1. The standard InChI is InChI=1S/C19H18N2O6S/c1-4-13-6-5-7-14(9-13)21(11-18(23)20-3)28(26,27)17-10-15(19(24)25)16(22)8-12(17)2/h1,5-10,22H,11H2,2-3H3,(H,20,23)(H,24,25). The maximum absolute atomic E-state index is 13.3. The zero-order valence-electron chi connectivity index (χ0n) is 15.1. The van der Waals surface area contributed by atoms with Crippen molar-refractivity contribution in [3.05, 3.63) is 53.1 Å². The van der Waals surface area contributed by atoms with Crippen LogP contribution >= 0.6 is 0 Å². The van der Waals surface area contributed by atoms with Crippen LogP contribution in [0.2, 0.25) is 0 Å². The van der Waals surface area contributed by atoms with Crippen molar-refractivity contribution in [1.82, 2.24) is 5.32 Å². The summed E-state index contributed by atoms with van der Waals surface area (Å²) in [6, 6.07) is 7.95. The Balaban J connectivity index is 2.71. The summed E-state index contributed by atoms with van der Waals surface area (Å²) >= 11 is 0. The third-order valence-electron chi connectivity index (χ3n) is 3.96. The highest BCUT2D eigenvalue weighted by atomic mass is 32.2. The lowest BCUT2D eigenvalue weighted by atomic mass is 10.1. The monoisotopic (exact) mass is 402 g/mol. The molecule has 0 unspecified atom stereocenters. The van der Waals surface area contributed by atoms with Gasteiger partial charge in [-0.2, -0.15) is 0 Å². The zero-order chi connectivity index (χ0) is 21.1. The van der Waals surface area contributed by atoms with Gasteiger partial charge >= 0.3 is 5.97 Å². The Morgan fingerprint density at radius 1 is 1.25 bits per heavy atom. The normalized spacial score (nSPS) is 10.8. The van der Waals surface area contributed by atoms with Gasteiger partial charge in [-0.1, -0.05) is 12.0 Å². The molecule has 0 aliphatic rings. The number of hydrogen-bond donors (Lipinski definition) is 3. The number of phenols is 1. The lowest BCUT2D eigenvalue weighted by Gasteiger charge is -2.25. The topological polar surface area (TPSA) is 124 Å². The summed E-state index contributed by atoms with van der Waals surface area (Å²) in [5, 5.41) is 21.3. The summed E-state index contributed by atoms with van der Waals surface area (Å²) in [7, 11) is -3.00. The number of carboxylic acids is 1. The fraction of sp³-hybridized carbons (Fsp3) is 0.158. The van der Waals surface area contributed by atoms with E-state index in [0.717, 1.165) is 16.4 Å². The second-order valence-electron chi connectivity index (χ2n) is 5.82. The molecule has 0 atom stereocenters. The number of sulfonamides is 1. The number of amides is 1. The van der Waals surface area contributed by atoms with Crippen LogP contribution in [-0.2, 0) is 14.8 Å². The van der Waals surface area contributed by atoms with E-state index in [2.05, 4.69) is 11.2 Å². The first kappa shape index (κ1) is 20.8. The molecule has 2 rings (SSSR count). The van der Waals surface area contributed by atoms with E-state index in [0.29, 0.717) is 5.56 Å². The van der Waals surface area contributed by atoms with E-state index >= 15 is 0 Å². The molecule has 0 aliphatic heterocycles. The number of aromatic hydroxyl groups is 1. The molecule has 0 saturated carbocycles. The number of aryl methyl sites for hydroxylation is 1. The Kier molecular flexibility index (Phi) is 5.96. The molecule has 8 nitrogen and oxygen atoms in total. The molecule has 0 fully saturated rings. The van der Waals surface area contributed by atoms with Crippen LogP contribution in [0, 0.1) is 19.3 Å².